The first kappa shape index (κ1) is 10.1. The van der Waals surface area contributed by atoms with Crippen LogP contribution in [-0.2, 0) is 10.0 Å². The van der Waals surface area contributed by atoms with Gasteiger partial charge in [-0.1, -0.05) is 0 Å². The number of hydrazine groups is 2. The van der Waals surface area contributed by atoms with E-state index in [0.717, 1.165) is 6.26 Å². The molecule has 0 unspecified atom stereocenters. The van der Waals surface area contributed by atoms with Crippen molar-refractivity contribution in [2.24, 2.45) is 0 Å². The Morgan fingerprint density at radius 2 is 2.07 bits per heavy atom. The van der Waals surface area contributed by atoms with Crippen LogP contribution in [0.5, 0.6) is 0 Å². The van der Waals surface area contributed by atoms with Crippen molar-refractivity contribution in [2.75, 3.05) is 28.9 Å². The number of hydrogen-bond donors (Lipinski definition) is 2. The zero-order valence-corrected chi connectivity index (χ0v) is 9.25. The predicted octanol–water partition coefficient (Wildman–Crippen LogP) is 0.222. The lowest BCUT2D eigenvalue weighted by atomic mass is 10.2. The van der Waals surface area contributed by atoms with Crippen molar-refractivity contribution in [3.05, 3.63) is 18.2 Å². The molecule has 0 spiro atoms. The molecule has 0 bridgehead atoms. The number of anilines is 3. The van der Waals surface area contributed by atoms with Gasteiger partial charge in [0.15, 0.2) is 0 Å². The summed E-state index contributed by atoms with van der Waals surface area (Å²) in [6, 6.07) is 5.02. The Balaban J connectivity index is 2.56. The van der Waals surface area contributed by atoms with Crippen molar-refractivity contribution < 1.29 is 8.42 Å². The first-order valence-corrected chi connectivity index (χ1v) is 6.14. The molecule has 1 heterocycles. The van der Waals surface area contributed by atoms with Crippen LogP contribution < -0.4 is 15.6 Å². The minimum Gasteiger partial charge on any atom is -0.399 e. The second-order valence-corrected chi connectivity index (χ2v) is 5.23. The maximum Gasteiger partial charge on any atom is 0.247 e. The lowest BCUT2D eigenvalue weighted by molar-refractivity contribution is 0.439. The summed E-state index contributed by atoms with van der Waals surface area (Å²) in [5, 5.41) is 1.40. The highest BCUT2D eigenvalue weighted by atomic mass is 32.2. The molecule has 0 saturated carbocycles. The van der Waals surface area contributed by atoms with E-state index in [1.807, 2.05) is 0 Å². The average Bonchev–Trinajstić information content (AvgIpc) is 2.38. The van der Waals surface area contributed by atoms with E-state index in [0.29, 0.717) is 17.1 Å². The molecule has 82 valence electrons. The van der Waals surface area contributed by atoms with E-state index in [4.69, 9.17) is 5.73 Å². The zero-order chi connectivity index (χ0) is 11.2. The fraction of sp³-hybridized carbons (Fsp3) is 0.250. The van der Waals surface area contributed by atoms with Crippen LogP contribution in [0, 0.1) is 0 Å². The molecule has 1 aromatic rings. The average molecular weight is 228 g/mol. The molecule has 0 saturated heterocycles. The summed E-state index contributed by atoms with van der Waals surface area (Å²) in [6.45, 7) is 0. The van der Waals surface area contributed by atoms with Crippen LogP contribution in [0.4, 0.5) is 17.1 Å². The summed E-state index contributed by atoms with van der Waals surface area (Å²) in [7, 11) is -1.70. The molecule has 0 radical (unpaired) electrons. The SMILES string of the molecule is CN1Nc2cc(N)ccc2N1S(C)(=O)=O. The first-order chi connectivity index (χ1) is 6.89. The molecule has 0 aromatic heterocycles. The number of fused-ring (bicyclic) bond motifs is 1. The van der Waals surface area contributed by atoms with Crippen molar-refractivity contribution in [1.82, 2.24) is 5.12 Å². The molecule has 2 rings (SSSR count). The zero-order valence-electron chi connectivity index (χ0n) is 8.43. The molecular weight excluding hydrogens is 216 g/mol. The van der Waals surface area contributed by atoms with Crippen molar-refractivity contribution >= 4 is 27.1 Å². The van der Waals surface area contributed by atoms with Gasteiger partial charge in [-0.15, -0.1) is 5.12 Å². The van der Waals surface area contributed by atoms with Gasteiger partial charge < -0.3 is 5.73 Å². The van der Waals surface area contributed by atoms with Gasteiger partial charge in [-0.05, 0) is 18.2 Å². The molecule has 0 fully saturated rings. The summed E-state index contributed by atoms with van der Waals surface area (Å²) in [5.74, 6) is 0. The highest BCUT2D eigenvalue weighted by Gasteiger charge is 2.30. The van der Waals surface area contributed by atoms with E-state index in [9.17, 15) is 8.42 Å². The lowest BCUT2D eigenvalue weighted by Crippen LogP contribution is -2.41. The number of sulfonamides is 1. The number of rotatable bonds is 1. The highest BCUT2D eigenvalue weighted by molar-refractivity contribution is 7.92. The minimum absolute atomic E-state index is 0.578. The van der Waals surface area contributed by atoms with E-state index in [1.165, 1.54) is 9.53 Å². The van der Waals surface area contributed by atoms with Crippen LogP contribution >= 0.6 is 0 Å². The summed E-state index contributed by atoms with van der Waals surface area (Å²) >= 11 is 0. The van der Waals surface area contributed by atoms with E-state index in [1.54, 1.807) is 25.2 Å². The maximum atomic E-state index is 11.5. The molecule has 1 aromatic carbocycles. The van der Waals surface area contributed by atoms with Crippen LogP contribution in [0.2, 0.25) is 0 Å². The molecular formula is C8H12N4O2S. The first-order valence-electron chi connectivity index (χ1n) is 4.30. The van der Waals surface area contributed by atoms with Crippen LogP contribution in [0.1, 0.15) is 0 Å². The van der Waals surface area contributed by atoms with Gasteiger partial charge in [0.05, 0.1) is 17.6 Å². The Morgan fingerprint density at radius 3 is 2.67 bits per heavy atom. The predicted molar refractivity (Wildman–Crippen MR) is 59.6 cm³/mol. The molecule has 1 aliphatic heterocycles. The second kappa shape index (κ2) is 3.01. The topological polar surface area (TPSA) is 78.7 Å². The molecule has 0 amide bonds. The van der Waals surface area contributed by atoms with Crippen LogP contribution in [0.3, 0.4) is 0 Å². The third-order valence-corrected chi connectivity index (χ3v) is 3.17. The van der Waals surface area contributed by atoms with E-state index < -0.39 is 10.0 Å². The second-order valence-electron chi connectivity index (χ2n) is 3.42. The largest absolute Gasteiger partial charge is 0.399 e. The molecule has 1 aliphatic rings. The Kier molecular flexibility index (Phi) is 2.02. The standard InChI is InChI=1S/C8H12N4O2S/c1-11-10-7-5-6(9)3-4-8(7)12(11)15(2,13)14/h3-5,10H,9H2,1-2H3. The van der Waals surface area contributed by atoms with Crippen LogP contribution in [0.25, 0.3) is 0 Å². The molecule has 0 aliphatic carbocycles. The van der Waals surface area contributed by atoms with Gasteiger partial charge in [-0.3, -0.25) is 5.43 Å². The van der Waals surface area contributed by atoms with Gasteiger partial charge in [0, 0.05) is 12.7 Å². The Bertz CT molecular complexity index is 499. The summed E-state index contributed by atoms with van der Waals surface area (Å²) in [6.07, 6.45) is 1.15. The van der Waals surface area contributed by atoms with Gasteiger partial charge in [0.2, 0.25) is 10.0 Å². The number of nitrogens with zero attached hydrogens (tertiary/aromatic N) is 2. The molecule has 15 heavy (non-hydrogen) atoms. The third kappa shape index (κ3) is 1.59. The van der Waals surface area contributed by atoms with Crippen LogP contribution in [0.15, 0.2) is 18.2 Å². The van der Waals surface area contributed by atoms with Crippen molar-refractivity contribution in [2.45, 2.75) is 0 Å². The fourth-order valence-corrected chi connectivity index (χ4v) is 2.59. The number of nitrogens with two attached hydrogens (primary N) is 1. The summed E-state index contributed by atoms with van der Waals surface area (Å²) < 4.78 is 24.2. The van der Waals surface area contributed by atoms with Gasteiger partial charge in [-0.25, -0.2) is 8.42 Å². The Hall–Kier alpha value is -1.47. The van der Waals surface area contributed by atoms with Gasteiger partial charge in [0.1, 0.15) is 0 Å². The van der Waals surface area contributed by atoms with Gasteiger partial charge >= 0.3 is 0 Å². The Morgan fingerprint density at radius 1 is 1.40 bits per heavy atom. The van der Waals surface area contributed by atoms with Gasteiger partial charge in [0.25, 0.3) is 0 Å². The quantitative estimate of drug-likeness (QED) is 0.672. The summed E-state index contributed by atoms with van der Waals surface area (Å²) in [5.41, 5.74) is 10.3. The maximum absolute atomic E-state index is 11.5. The normalized spacial score (nSPS) is 16.3. The molecule has 6 nitrogen and oxygen atoms in total. The number of nitrogens with one attached hydrogen (secondary N) is 1. The third-order valence-electron chi connectivity index (χ3n) is 2.10. The summed E-state index contributed by atoms with van der Waals surface area (Å²) in [4.78, 5) is 0. The highest BCUT2D eigenvalue weighted by Crippen LogP contribution is 2.35. The minimum atomic E-state index is -3.32. The van der Waals surface area contributed by atoms with E-state index in [2.05, 4.69) is 5.43 Å². The number of nitrogen functional groups attached to an aromatic ring is 1. The lowest BCUT2D eigenvalue weighted by Gasteiger charge is -2.22. The smallest absolute Gasteiger partial charge is 0.247 e. The van der Waals surface area contributed by atoms with Gasteiger partial charge in [-0.2, -0.15) is 4.41 Å². The fourth-order valence-electron chi connectivity index (χ4n) is 1.59. The van der Waals surface area contributed by atoms with Crippen molar-refractivity contribution in [1.29, 1.82) is 0 Å². The number of hydrogen-bond acceptors (Lipinski definition) is 5. The molecule has 7 heteroatoms. The molecule has 3 N–H and O–H groups in total. The monoisotopic (exact) mass is 228 g/mol. The van der Waals surface area contributed by atoms with E-state index in [-0.39, 0.29) is 0 Å². The van der Waals surface area contributed by atoms with Crippen molar-refractivity contribution in [3.8, 4) is 0 Å². The van der Waals surface area contributed by atoms with Crippen LogP contribution in [-0.4, -0.2) is 26.8 Å². The van der Waals surface area contributed by atoms with Crippen molar-refractivity contribution in [3.63, 3.8) is 0 Å². The Labute approximate surface area is 88.3 Å². The van der Waals surface area contributed by atoms with E-state index >= 15 is 0 Å². The number of benzene rings is 1. The molecule has 0 atom stereocenters.